The number of carbonyl (C=O) groups excluding carboxylic acids is 3. The van der Waals surface area contributed by atoms with Crippen molar-refractivity contribution in [2.45, 2.75) is 18.9 Å². The molecule has 4 rings (SSSR count). The van der Waals surface area contributed by atoms with Crippen LogP contribution in [0.5, 0.6) is 0 Å². The molecule has 3 aromatic rings. The Morgan fingerprint density at radius 1 is 1.21 bits per heavy atom. The van der Waals surface area contributed by atoms with Crippen LogP contribution < -0.4 is 10.6 Å². The van der Waals surface area contributed by atoms with E-state index in [1.807, 2.05) is 41.8 Å². The van der Waals surface area contributed by atoms with Gasteiger partial charge in [-0.15, -0.1) is 11.3 Å². The highest BCUT2D eigenvalue weighted by atomic mass is 32.1. The van der Waals surface area contributed by atoms with Crippen LogP contribution in [0.15, 0.2) is 54.0 Å². The summed E-state index contributed by atoms with van der Waals surface area (Å²) in [5, 5.41) is 8.38. The maximum atomic E-state index is 12.8. The lowest BCUT2D eigenvalue weighted by atomic mass is 10.0. The number of benzene rings is 1. The minimum atomic E-state index is -1.12. The first-order chi connectivity index (χ1) is 14.0. The first-order valence-corrected chi connectivity index (χ1v) is 10.1. The number of nitrogens with one attached hydrogen (secondary N) is 2. The number of nitrogens with zero attached hydrogens (tertiary/aromatic N) is 2. The molecule has 1 aliphatic rings. The van der Waals surface area contributed by atoms with E-state index < -0.39 is 17.5 Å². The van der Waals surface area contributed by atoms with Gasteiger partial charge in [0, 0.05) is 23.0 Å². The fourth-order valence-electron chi connectivity index (χ4n) is 3.48. The Labute approximate surface area is 171 Å². The van der Waals surface area contributed by atoms with Crippen molar-refractivity contribution in [2.24, 2.45) is 0 Å². The van der Waals surface area contributed by atoms with Crippen LogP contribution in [0.2, 0.25) is 0 Å². The van der Waals surface area contributed by atoms with E-state index in [2.05, 4.69) is 15.6 Å². The third kappa shape index (κ3) is 3.58. The molecule has 1 unspecified atom stereocenters. The first-order valence-electron chi connectivity index (χ1n) is 9.26. The summed E-state index contributed by atoms with van der Waals surface area (Å²) in [5.74, 6) is -0.796. The van der Waals surface area contributed by atoms with Crippen molar-refractivity contribution in [3.8, 4) is 0 Å². The summed E-state index contributed by atoms with van der Waals surface area (Å²) in [5.41, 5.74) is 0.814. The molecule has 2 aromatic heterocycles. The van der Waals surface area contributed by atoms with Crippen molar-refractivity contribution >= 4 is 40.1 Å². The normalized spacial score (nSPS) is 18.9. The lowest BCUT2D eigenvalue weighted by Gasteiger charge is -2.20. The minimum Gasteiger partial charge on any atom is -0.354 e. The quantitative estimate of drug-likeness (QED) is 0.613. The number of hydrogen-bond acceptors (Lipinski definition) is 5. The number of amides is 4. The number of thiophene rings is 1. The molecule has 1 atom stereocenters. The van der Waals surface area contributed by atoms with Crippen LogP contribution in [-0.2, 0) is 21.5 Å². The van der Waals surface area contributed by atoms with E-state index in [1.54, 1.807) is 19.2 Å². The Bertz CT molecular complexity index is 1080. The molecule has 1 saturated heterocycles. The molecule has 148 valence electrons. The van der Waals surface area contributed by atoms with Crippen LogP contribution in [0.1, 0.15) is 17.4 Å². The van der Waals surface area contributed by atoms with Gasteiger partial charge >= 0.3 is 6.03 Å². The van der Waals surface area contributed by atoms with Crippen LogP contribution in [0.4, 0.5) is 4.79 Å². The van der Waals surface area contributed by atoms with E-state index in [9.17, 15) is 14.4 Å². The van der Waals surface area contributed by atoms with E-state index in [4.69, 9.17) is 0 Å². The van der Waals surface area contributed by atoms with Gasteiger partial charge in [-0.1, -0.05) is 30.3 Å². The highest BCUT2D eigenvalue weighted by Crippen LogP contribution is 2.31. The number of urea groups is 1. The number of rotatable bonds is 6. The number of pyridine rings is 1. The SMILES string of the molecule is CC1(c2cccs2)NC(=O)N(CC(=O)NCCc2cccc3cccnc23)C1=O. The van der Waals surface area contributed by atoms with Gasteiger partial charge in [0.15, 0.2) is 5.54 Å². The van der Waals surface area contributed by atoms with Gasteiger partial charge < -0.3 is 10.6 Å². The number of carbonyl (C=O) groups is 3. The van der Waals surface area contributed by atoms with Gasteiger partial charge in [-0.05, 0) is 36.4 Å². The van der Waals surface area contributed by atoms with Crippen LogP contribution in [0, 0.1) is 0 Å². The molecular weight excluding hydrogens is 388 g/mol. The fourth-order valence-corrected chi connectivity index (χ4v) is 4.31. The van der Waals surface area contributed by atoms with Gasteiger partial charge in [0.1, 0.15) is 6.54 Å². The largest absolute Gasteiger partial charge is 0.354 e. The molecule has 0 saturated carbocycles. The van der Waals surface area contributed by atoms with Crippen LogP contribution in [-0.4, -0.2) is 40.8 Å². The summed E-state index contributed by atoms with van der Waals surface area (Å²) in [4.78, 5) is 43.5. The molecule has 0 spiro atoms. The molecule has 1 fully saturated rings. The number of aromatic nitrogens is 1. The van der Waals surface area contributed by atoms with Crippen molar-refractivity contribution in [2.75, 3.05) is 13.1 Å². The van der Waals surface area contributed by atoms with Gasteiger partial charge in [0.25, 0.3) is 5.91 Å². The van der Waals surface area contributed by atoms with Crippen molar-refractivity contribution in [1.29, 1.82) is 0 Å². The van der Waals surface area contributed by atoms with Crippen LogP contribution >= 0.6 is 11.3 Å². The molecular formula is C21H20N4O3S. The molecule has 8 heteroatoms. The fraction of sp³-hybridized carbons (Fsp3) is 0.238. The van der Waals surface area contributed by atoms with E-state index in [-0.39, 0.29) is 12.5 Å². The Hall–Kier alpha value is -3.26. The Balaban J connectivity index is 1.36. The number of hydrogen-bond donors (Lipinski definition) is 2. The minimum absolute atomic E-state index is 0.306. The van der Waals surface area contributed by atoms with E-state index >= 15 is 0 Å². The lowest BCUT2D eigenvalue weighted by molar-refractivity contribution is -0.134. The Kier molecular flexibility index (Phi) is 5.02. The predicted molar refractivity (Wildman–Crippen MR) is 110 cm³/mol. The second-order valence-electron chi connectivity index (χ2n) is 7.02. The smallest absolute Gasteiger partial charge is 0.325 e. The van der Waals surface area contributed by atoms with E-state index in [0.29, 0.717) is 13.0 Å². The molecule has 29 heavy (non-hydrogen) atoms. The monoisotopic (exact) mass is 408 g/mol. The summed E-state index contributed by atoms with van der Waals surface area (Å²) in [6.45, 7) is 1.74. The standard InChI is InChI=1S/C21H20N4O3S/c1-21(16-8-4-12-29-16)19(27)25(20(28)24-21)13-17(26)22-11-9-15-6-2-5-14-7-3-10-23-18(14)15/h2-8,10,12H,9,11,13H2,1H3,(H,22,26)(H,24,28). The topological polar surface area (TPSA) is 91.4 Å². The average molecular weight is 408 g/mol. The molecule has 1 aromatic carbocycles. The number of imide groups is 1. The molecule has 3 heterocycles. The maximum absolute atomic E-state index is 12.8. The molecule has 0 radical (unpaired) electrons. The highest BCUT2D eigenvalue weighted by molar-refractivity contribution is 7.10. The molecule has 0 aliphatic carbocycles. The van der Waals surface area contributed by atoms with Crippen LogP contribution in [0.25, 0.3) is 10.9 Å². The second kappa shape index (κ2) is 7.63. The summed E-state index contributed by atoms with van der Waals surface area (Å²) in [6, 6.07) is 12.9. The van der Waals surface area contributed by atoms with E-state index in [1.165, 1.54) is 11.3 Å². The molecule has 7 nitrogen and oxygen atoms in total. The van der Waals surface area contributed by atoms with Gasteiger partial charge in [-0.25, -0.2) is 4.79 Å². The van der Waals surface area contributed by atoms with Crippen molar-refractivity contribution in [1.82, 2.24) is 20.5 Å². The average Bonchev–Trinajstić information content (AvgIpc) is 3.33. The third-order valence-electron chi connectivity index (χ3n) is 5.02. The molecule has 0 bridgehead atoms. The van der Waals surface area contributed by atoms with Crippen molar-refractivity contribution in [3.63, 3.8) is 0 Å². The second-order valence-corrected chi connectivity index (χ2v) is 7.96. The summed E-state index contributed by atoms with van der Waals surface area (Å²) in [6.07, 6.45) is 2.35. The van der Waals surface area contributed by atoms with Crippen LogP contribution in [0.3, 0.4) is 0 Å². The summed E-state index contributed by atoms with van der Waals surface area (Å²) >= 11 is 1.39. The zero-order valence-corrected chi connectivity index (χ0v) is 16.7. The van der Waals surface area contributed by atoms with Crippen molar-refractivity contribution in [3.05, 3.63) is 64.5 Å². The summed E-state index contributed by atoms with van der Waals surface area (Å²) in [7, 11) is 0. The zero-order chi connectivity index (χ0) is 20.4. The van der Waals surface area contributed by atoms with Gasteiger partial charge in [-0.3, -0.25) is 19.5 Å². The maximum Gasteiger partial charge on any atom is 0.325 e. The third-order valence-corrected chi connectivity index (χ3v) is 6.11. The van der Waals surface area contributed by atoms with Gasteiger partial charge in [0.05, 0.1) is 5.52 Å². The van der Waals surface area contributed by atoms with Crippen molar-refractivity contribution < 1.29 is 14.4 Å². The Morgan fingerprint density at radius 2 is 2.03 bits per heavy atom. The van der Waals surface area contributed by atoms with Gasteiger partial charge in [-0.2, -0.15) is 0 Å². The lowest BCUT2D eigenvalue weighted by Crippen LogP contribution is -2.43. The first kappa shape index (κ1) is 19.1. The highest BCUT2D eigenvalue weighted by Gasteiger charge is 2.50. The number of fused-ring (bicyclic) bond motifs is 1. The zero-order valence-electron chi connectivity index (χ0n) is 15.8. The summed E-state index contributed by atoms with van der Waals surface area (Å²) < 4.78 is 0. The predicted octanol–water partition coefficient (Wildman–Crippen LogP) is 2.42. The molecule has 2 N–H and O–H groups in total. The number of para-hydroxylation sites is 1. The molecule has 4 amide bonds. The van der Waals surface area contributed by atoms with E-state index in [0.717, 1.165) is 26.2 Å². The Morgan fingerprint density at radius 3 is 2.83 bits per heavy atom. The molecule has 1 aliphatic heterocycles. The van der Waals surface area contributed by atoms with Gasteiger partial charge in [0.2, 0.25) is 5.91 Å².